The van der Waals surface area contributed by atoms with Gasteiger partial charge in [0.1, 0.15) is 5.25 Å². The van der Waals surface area contributed by atoms with Gasteiger partial charge >= 0.3 is 5.97 Å². The number of aliphatic carboxylic acids is 1. The van der Waals surface area contributed by atoms with Crippen molar-refractivity contribution in [2.45, 2.75) is 30.4 Å². The first-order valence-electron chi connectivity index (χ1n) is 5.70. The Labute approximate surface area is 118 Å². The highest BCUT2D eigenvalue weighted by molar-refractivity contribution is 8.00. The number of carboxylic acid groups (broad SMARTS) is 1. The molecular formula is C12H13F2NO4S. The largest absolute Gasteiger partial charge is 0.480 e. The fourth-order valence-corrected chi connectivity index (χ4v) is 2.61. The number of nitro benzene ring substituents is 1. The van der Waals surface area contributed by atoms with Gasteiger partial charge in [-0.3, -0.25) is 14.9 Å². The van der Waals surface area contributed by atoms with Gasteiger partial charge in [0.25, 0.3) is 12.1 Å². The molecule has 0 aromatic heterocycles. The Balaban J connectivity index is 3.17. The zero-order valence-corrected chi connectivity index (χ0v) is 11.6. The van der Waals surface area contributed by atoms with Crippen molar-refractivity contribution in [1.29, 1.82) is 0 Å². The maximum absolute atomic E-state index is 12.9. The lowest BCUT2D eigenvalue weighted by Gasteiger charge is -2.17. The molecule has 5 nitrogen and oxygen atoms in total. The average Bonchev–Trinajstić information content (AvgIpc) is 2.34. The molecule has 0 saturated carbocycles. The second kappa shape index (κ2) is 6.65. The predicted molar refractivity (Wildman–Crippen MR) is 70.2 cm³/mol. The SMILES string of the molecule is CC(C)C(Sc1ccc([N+](=O)[O-])cc1C(F)F)C(=O)O. The van der Waals surface area contributed by atoms with Gasteiger partial charge in [-0.2, -0.15) is 0 Å². The van der Waals surface area contributed by atoms with Crippen LogP contribution in [-0.4, -0.2) is 21.2 Å². The lowest BCUT2D eigenvalue weighted by Crippen LogP contribution is -2.22. The number of nitrogens with zero attached hydrogens (tertiary/aromatic N) is 1. The minimum absolute atomic E-state index is 0.0479. The fraction of sp³-hybridized carbons (Fsp3) is 0.417. The predicted octanol–water partition coefficient (Wildman–Crippen LogP) is 3.73. The Morgan fingerprint density at radius 1 is 1.40 bits per heavy atom. The van der Waals surface area contributed by atoms with E-state index >= 15 is 0 Å². The number of benzene rings is 1. The molecule has 1 aromatic carbocycles. The van der Waals surface area contributed by atoms with Gasteiger partial charge < -0.3 is 5.11 Å². The van der Waals surface area contributed by atoms with Crippen molar-refractivity contribution in [2.24, 2.45) is 5.92 Å². The van der Waals surface area contributed by atoms with Gasteiger partial charge in [-0.15, -0.1) is 11.8 Å². The normalized spacial score (nSPS) is 12.7. The molecule has 0 bridgehead atoms. The molecule has 0 fully saturated rings. The van der Waals surface area contributed by atoms with Crippen molar-refractivity contribution < 1.29 is 23.6 Å². The van der Waals surface area contributed by atoms with Crippen LogP contribution in [0.15, 0.2) is 23.1 Å². The van der Waals surface area contributed by atoms with Crippen molar-refractivity contribution in [1.82, 2.24) is 0 Å². The van der Waals surface area contributed by atoms with Gasteiger partial charge in [-0.05, 0) is 12.0 Å². The van der Waals surface area contributed by atoms with Crippen LogP contribution >= 0.6 is 11.8 Å². The molecule has 0 aliphatic heterocycles. The van der Waals surface area contributed by atoms with Crippen molar-refractivity contribution in [3.05, 3.63) is 33.9 Å². The first kappa shape index (κ1) is 16.4. The summed E-state index contributed by atoms with van der Waals surface area (Å²) in [5.41, 5.74) is -0.961. The van der Waals surface area contributed by atoms with Gasteiger partial charge in [0.2, 0.25) is 0 Å². The molecule has 20 heavy (non-hydrogen) atoms. The number of hydrogen-bond acceptors (Lipinski definition) is 4. The summed E-state index contributed by atoms with van der Waals surface area (Å²) in [5.74, 6) is -1.37. The maximum Gasteiger partial charge on any atom is 0.317 e. The summed E-state index contributed by atoms with van der Waals surface area (Å²) in [6, 6.07) is 3.04. The lowest BCUT2D eigenvalue weighted by molar-refractivity contribution is -0.385. The third-order valence-corrected chi connectivity index (χ3v) is 4.17. The highest BCUT2D eigenvalue weighted by Crippen LogP contribution is 2.37. The van der Waals surface area contributed by atoms with Crippen LogP contribution in [0.3, 0.4) is 0 Å². The van der Waals surface area contributed by atoms with Crippen LogP contribution < -0.4 is 0 Å². The first-order valence-corrected chi connectivity index (χ1v) is 6.58. The molecule has 0 radical (unpaired) electrons. The highest BCUT2D eigenvalue weighted by Gasteiger charge is 2.26. The van der Waals surface area contributed by atoms with E-state index in [0.717, 1.165) is 23.9 Å². The average molecular weight is 305 g/mol. The molecule has 0 aliphatic carbocycles. The Bertz CT molecular complexity index is 522. The van der Waals surface area contributed by atoms with E-state index in [1.807, 2.05) is 0 Å². The maximum atomic E-state index is 12.9. The monoisotopic (exact) mass is 305 g/mol. The molecule has 0 spiro atoms. The second-order valence-corrected chi connectivity index (χ2v) is 5.58. The fourth-order valence-electron chi connectivity index (χ4n) is 1.54. The van der Waals surface area contributed by atoms with E-state index < -0.39 is 33.8 Å². The third kappa shape index (κ3) is 3.89. The lowest BCUT2D eigenvalue weighted by atomic mass is 10.1. The van der Waals surface area contributed by atoms with Gasteiger partial charge in [-0.1, -0.05) is 13.8 Å². The molecule has 1 aromatic rings. The zero-order chi connectivity index (χ0) is 15.4. The second-order valence-electron chi connectivity index (χ2n) is 4.40. The molecular weight excluding hydrogens is 292 g/mol. The molecule has 0 heterocycles. The van der Waals surface area contributed by atoms with E-state index in [9.17, 15) is 23.7 Å². The smallest absolute Gasteiger partial charge is 0.317 e. The molecule has 1 rings (SSSR count). The topological polar surface area (TPSA) is 80.4 Å². The van der Waals surface area contributed by atoms with E-state index in [4.69, 9.17) is 5.11 Å². The number of carbonyl (C=O) groups is 1. The number of hydrogen-bond donors (Lipinski definition) is 1. The number of thioether (sulfide) groups is 1. The number of non-ortho nitro benzene ring substituents is 1. The number of nitro groups is 1. The highest BCUT2D eigenvalue weighted by atomic mass is 32.2. The summed E-state index contributed by atoms with van der Waals surface area (Å²) in [7, 11) is 0. The minimum atomic E-state index is -2.90. The number of alkyl halides is 2. The minimum Gasteiger partial charge on any atom is -0.480 e. The summed E-state index contributed by atoms with van der Waals surface area (Å²) in [6.45, 7) is 3.33. The van der Waals surface area contributed by atoms with E-state index in [1.54, 1.807) is 13.8 Å². The Kier molecular flexibility index (Phi) is 5.43. The third-order valence-electron chi connectivity index (χ3n) is 2.54. The molecule has 0 amide bonds. The molecule has 0 aliphatic rings. The summed E-state index contributed by atoms with van der Waals surface area (Å²) < 4.78 is 25.9. The van der Waals surface area contributed by atoms with Crippen molar-refractivity contribution in [3.8, 4) is 0 Å². The molecule has 8 heteroatoms. The quantitative estimate of drug-likeness (QED) is 0.492. The van der Waals surface area contributed by atoms with Gasteiger partial charge in [0.05, 0.1) is 4.92 Å². The van der Waals surface area contributed by atoms with E-state index in [1.165, 1.54) is 6.07 Å². The summed E-state index contributed by atoms with van der Waals surface area (Å²) in [5, 5.41) is 18.8. The number of halogens is 2. The van der Waals surface area contributed by atoms with E-state index in [0.29, 0.717) is 0 Å². The van der Waals surface area contributed by atoms with Crippen molar-refractivity contribution in [2.75, 3.05) is 0 Å². The van der Waals surface area contributed by atoms with Crippen molar-refractivity contribution in [3.63, 3.8) is 0 Å². The Hall–Kier alpha value is -1.70. The summed E-state index contributed by atoms with van der Waals surface area (Å²) in [6.07, 6.45) is -2.90. The van der Waals surface area contributed by atoms with Crippen molar-refractivity contribution >= 4 is 23.4 Å². The zero-order valence-electron chi connectivity index (χ0n) is 10.7. The number of rotatable bonds is 6. The Morgan fingerprint density at radius 3 is 2.40 bits per heavy atom. The van der Waals surface area contributed by atoms with Crippen LogP contribution in [0.4, 0.5) is 14.5 Å². The van der Waals surface area contributed by atoms with Gasteiger partial charge in [0.15, 0.2) is 0 Å². The van der Waals surface area contributed by atoms with Crippen LogP contribution in [0.2, 0.25) is 0 Å². The summed E-state index contributed by atoms with van der Waals surface area (Å²) >= 11 is 0.778. The molecule has 110 valence electrons. The summed E-state index contributed by atoms with van der Waals surface area (Å²) in [4.78, 5) is 21.0. The molecule has 1 N–H and O–H groups in total. The van der Waals surface area contributed by atoms with Crippen LogP contribution in [0.1, 0.15) is 25.8 Å². The van der Waals surface area contributed by atoms with Gasteiger partial charge in [0, 0.05) is 22.6 Å². The number of carboxylic acids is 1. The Morgan fingerprint density at radius 2 is 2.00 bits per heavy atom. The van der Waals surface area contributed by atoms with Crippen LogP contribution in [0, 0.1) is 16.0 Å². The van der Waals surface area contributed by atoms with Gasteiger partial charge in [-0.25, -0.2) is 8.78 Å². The molecule has 1 atom stereocenters. The first-order chi connectivity index (χ1) is 9.23. The standard InChI is InChI=1S/C12H13F2NO4S/c1-6(2)10(12(16)17)20-9-4-3-7(15(18)19)5-8(9)11(13)14/h3-6,10-11H,1-2H3,(H,16,17). The molecule has 1 unspecified atom stereocenters. The molecule has 0 saturated heterocycles. The van der Waals surface area contributed by atoms with E-state index in [-0.39, 0.29) is 10.8 Å². The van der Waals surface area contributed by atoms with E-state index in [2.05, 4.69) is 0 Å². The van der Waals surface area contributed by atoms with Crippen LogP contribution in [0.25, 0.3) is 0 Å². The van der Waals surface area contributed by atoms with Crippen LogP contribution in [-0.2, 0) is 4.79 Å². The van der Waals surface area contributed by atoms with Crippen LogP contribution in [0.5, 0.6) is 0 Å².